The number of rotatable bonds is 9. The second-order valence-corrected chi connectivity index (χ2v) is 14.2. The molecular formula is C40H39BP+. The van der Waals surface area contributed by atoms with Crippen molar-refractivity contribution in [3.05, 3.63) is 182 Å². The monoisotopic (exact) mass is 561 g/mol. The first-order valence-corrected chi connectivity index (χ1v) is 17.0. The SMILES string of the molecule is CCCC[P+](c1ccccc1)(c1ccccc1)c1ccccc1.c1ccc(B(c2ccccc2)c2ccccc2)cc1. The van der Waals surface area contributed by atoms with Crippen LogP contribution in [0.25, 0.3) is 0 Å². The van der Waals surface area contributed by atoms with Crippen molar-refractivity contribution in [3.8, 4) is 0 Å². The summed E-state index contributed by atoms with van der Waals surface area (Å²) in [5, 5.41) is 4.47. The van der Waals surface area contributed by atoms with Crippen molar-refractivity contribution in [1.29, 1.82) is 0 Å². The highest BCUT2D eigenvalue weighted by Gasteiger charge is 2.44. The van der Waals surface area contributed by atoms with Crippen LogP contribution in [0.4, 0.5) is 0 Å². The van der Waals surface area contributed by atoms with Gasteiger partial charge in [-0.05, 0) is 42.8 Å². The average molecular weight is 562 g/mol. The summed E-state index contributed by atoms with van der Waals surface area (Å²) in [6, 6.07) is 65.4. The lowest BCUT2D eigenvalue weighted by Gasteiger charge is -2.27. The molecule has 0 aromatic heterocycles. The molecule has 0 saturated carbocycles. The van der Waals surface area contributed by atoms with Crippen molar-refractivity contribution in [2.24, 2.45) is 0 Å². The molecular weight excluding hydrogens is 522 g/mol. The summed E-state index contributed by atoms with van der Waals surface area (Å²) >= 11 is 0. The maximum atomic E-state index is 2.32. The molecule has 6 rings (SSSR count). The van der Waals surface area contributed by atoms with E-state index in [2.05, 4.69) is 189 Å². The zero-order chi connectivity index (χ0) is 28.9. The van der Waals surface area contributed by atoms with E-state index in [1.807, 2.05) is 0 Å². The molecule has 0 aliphatic rings. The molecule has 0 fully saturated rings. The molecule has 2 heteroatoms. The summed E-state index contributed by atoms with van der Waals surface area (Å²) in [5.74, 6) is 0. The molecule has 6 aromatic rings. The Morgan fingerprint density at radius 1 is 0.381 bits per heavy atom. The Balaban J connectivity index is 0.000000171. The number of benzene rings is 6. The van der Waals surface area contributed by atoms with E-state index in [4.69, 9.17) is 0 Å². The van der Waals surface area contributed by atoms with Gasteiger partial charge in [-0.15, -0.1) is 0 Å². The zero-order valence-corrected chi connectivity index (χ0v) is 25.4. The van der Waals surface area contributed by atoms with Crippen LogP contribution in [0.5, 0.6) is 0 Å². The molecule has 0 aliphatic carbocycles. The van der Waals surface area contributed by atoms with Gasteiger partial charge < -0.3 is 0 Å². The van der Waals surface area contributed by atoms with Gasteiger partial charge in [0.1, 0.15) is 23.2 Å². The van der Waals surface area contributed by atoms with E-state index >= 15 is 0 Å². The summed E-state index contributed by atoms with van der Waals surface area (Å²) in [7, 11) is -1.57. The van der Waals surface area contributed by atoms with E-state index in [0.717, 1.165) is 0 Å². The number of hydrogen-bond acceptors (Lipinski definition) is 0. The highest BCUT2D eigenvalue weighted by Crippen LogP contribution is 2.55. The van der Waals surface area contributed by atoms with Gasteiger partial charge in [0.2, 0.25) is 6.71 Å². The molecule has 0 nitrogen and oxygen atoms in total. The largest absolute Gasteiger partial charge is 0.241 e. The van der Waals surface area contributed by atoms with Gasteiger partial charge in [-0.25, -0.2) is 0 Å². The van der Waals surface area contributed by atoms with Gasteiger partial charge in [0.25, 0.3) is 0 Å². The smallest absolute Gasteiger partial charge is 0.0687 e. The summed E-state index contributed by atoms with van der Waals surface area (Å²) < 4.78 is 0. The van der Waals surface area contributed by atoms with Gasteiger partial charge >= 0.3 is 0 Å². The van der Waals surface area contributed by atoms with Crippen molar-refractivity contribution in [2.45, 2.75) is 19.8 Å². The van der Waals surface area contributed by atoms with Crippen molar-refractivity contribution in [3.63, 3.8) is 0 Å². The summed E-state index contributed by atoms with van der Waals surface area (Å²) in [5.41, 5.74) is 4.00. The van der Waals surface area contributed by atoms with Crippen LogP contribution in [-0.4, -0.2) is 12.9 Å². The maximum Gasteiger partial charge on any atom is 0.241 e. The molecule has 0 saturated heterocycles. The highest BCUT2D eigenvalue weighted by molar-refractivity contribution is 7.95. The van der Waals surface area contributed by atoms with Crippen LogP contribution in [-0.2, 0) is 0 Å². The summed E-state index contributed by atoms with van der Waals surface area (Å²) in [6.45, 7) is 2.60. The highest BCUT2D eigenvalue weighted by atomic mass is 31.2. The van der Waals surface area contributed by atoms with E-state index < -0.39 is 7.26 Å². The fraction of sp³-hybridized carbons (Fsp3) is 0.100. The second-order valence-electron chi connectivity index (χ2n) is 10.6. The molecule has 0 unspecified atom stereocenters. The molecule has 0 aliphatic heterocycles. The first-order chi connectivity index (χ1) is 20.8. The minimum atomic E-state index is -1.57. The molecule has 206 valence electrons. The van der Waals surface area contributed by atoms with Crippen LogP contribution >= 0.6 is 7.26 Å². The topological polar surface area (TPSA) is 0 Å². The van der Waals surface area contributed by atoms with Gasteiger partial charge in [0, 0.05) is 0 Å². The fourth-order valence-corrected chi connectivity index (χ4v) is 10.3. The van der Waals surface area contributed by atoms with Crippen LogP contribution in [0, 0.1) is 0 Å². The quantitative estimate of drug-likeness (QED) is 0.132. The van der Waals surface area contributed by atoms with Gasteiger partial charge in [0.05, 0.1) is 6.16 Å². The van der Waals surface area contributed by atoms with Crippen LogP contribution < -0.4 is 32.3 Å². The first-order valence-electron chi connectivity index (χ1n) is 15.0. The molecule has 0 spiro atoms. The predicted molar refractivity (Wildman–Crippen MR) is 189 cm³/mol. The van der Waals surface area contributed by atoms with Crippen LogP contribution in [0.1, 0.15) is 19.8 Å². The molecule has 0 N–H and O–H groups in total. The molecule has 0 heterocycles. The summed E-state index contributed by atoms with van der Waals surface area (Å²) in [4.78, 5) is 0. The minimum absolute atomic E-state index is 0.309. The summed E-state index contributed by atoms with van der Waals surface area (Å²) in [6.07, 6.45) is 3.72. The van der Waals surface area contributed by atoms with E-state index in [1.165, 1.54) is 51.3 Å². The number of unbranched alkanes of at least 4 members (excludes halogenated alkanes) is 1. The molecule has 42 heavy (non-hydrogen) atoms. The fourth-order valence-electron chi connectivity index (χ4n) is 5.79. The van der Waals surface area contributed by atoms with E-state index in [0.29, 0.717) is 6.71 Å². The van der Waals surface area contributed by atoms with Crippen LogP contribution in [0.2, 0.25) is 0 Å². The van der Waals surface area contributed by atoms with Crippen molar-refractivity contribution in [1.82, 2.24) is 0 Å². The van der Waals surface area contributed by atoms with Crippen LogP contribution in [0.3, 0.4) is 0 Å². The van der Waals surface area contributed by atoms with Crippen LogP contribution in [0.15, 0.2) is 182 Å². The maximum absolute atomic E-state index is 2.32. The Labute approximate surface area is 253 Å². The standard InChI is InChI=1S/C22H24P.C18H15B/c1-2-3-19-23(20-13-7-4-8-14-20,21-15-9-5-10-16-21)22-17-11-6-12-18-22;1-4-10-16(11-5-1)19(17-12-6-2-7-13-17)18-14-8-3-9-15-18/h4-18H,2-3,19H2,1H3;1-15H/q+1;. The molecule has 6 aromatic carbocycles. The van der Waals surface area contributed by atoms with Crippen molar-refractivity contribution < 1.29 is 0 Å². The average Bonchev–Trinajstić information content (AvgIpc) is 3.09. The molecule has 0 bridgehead atoms. The zero-order valence-electron chi connectivity index (χ0n) is 24.5. The normalized spacial score (nSPS) is 10.8. The third-order valence-electron chi connectivity index (χ3n) is 7.84. The molecule has 0 radical (unpaired) electrons. The minimum Gasteiger partial charge on any atom is -0.0687 e. The van der Waals surface area contributed by atoms with E-state index in [-0.39, 0.29) is 0 Å². The molecule has 0 amide bonds. The lowest BCUT2D eigenvalue weighted by atomic mass is 9.37. The Morgan fingerprint density at radius 2 is 0.643 bits per heavy atom. The Hall–Kier alpha value is -4.19. The number of hydrogen-bond donors (Lipinski definition) is 0. The van der Waals surface area contributed by atoms with E-state index in [1.54, 1.807) is 0 Å². The molecule has 0 atom stereocenters. The second kappa shape index (κ2) is 15.2. The van der Waals surface area contributed by atoms with Gasteiger partial charge in [-0.2, -0.15) is 0 Å². The van der Waals surface area contributed by atoms with Gasteiger partial charge in [-0.3, -0.25) is 0 Å². The Kier molecular flexibility index (Phi) is 10.6. The van der Waals surface area contributed by atoms with Gasteiger partial charge in [0.15, 0.2) is 0 Å². The first kappa shape index (κ1) is 29.3. The lowest BCUT2D eigenvalue weighted by Crippen LogP contribution is -2.51. The predicted octanol–water partition coefficient (Wildman–Crippen LogP) is 6.98. The third kappa shape index (κ3) is 6.99. The van der Waals surface area contributed by atoms with E-state index in [9.17, 15) is 0 Å². The van der Waals surface area contributed by atoms with Gasteiger partial charge in [-0.1, -0.05) is 175 Å². The Morgan fingerprint density at radius 3 is 0.905 bits per heavy atom. The lowest BCUT2D eigenvalue weighted by molar-refractivity contribution is 0.891. The third-order valence-corrected chi connectivity index (χ3v) is 12.4. The van der Waals surface area contributed by atoms with Crippen molar-refractivity contribution >= 4 is 46.3 Å². The van der Waals surface area contributed by atoms with Crippen molar-refractivity contribution in [2.75, 3.05) is 6.16 Å². The Bertz CT molecular complexity index is 1380.